The van der Waals surface area contributed by atoms with Gasteiger partial charge in [0.25, 0.3) is 0 Å². The first-order chi connectivity index (χ1) is 13.1. The second kappa shape index (κ2) is 8.35. The van der Waals surface area contributed by atoms with Gasteiger partial charge in [-0.3, -0.25) is 0 Å². The number of aromatic nitrogens is 2. The number of carbonyl (C=O) groups is 1. The van der Waals surface area contributed by atoms with Crippen LogP contribution in [0.4, 0.5) is 9.18 Å². The number of nitrogens with zero attached hydrogens (tertiary/aromatic N) is 2. The lowest BCUT2D eigenvalue weighted by molar-refractivity contribution is 0.237. The number of aryl methyl sites for hydroxylation is 1. The van der Waals surface area contributed by atoms with Crippen molar-refractivity contribution in [3.05, 3.63) is 83.7 Å². The average Bonchev–Trinajstić information content (AvgIpc) is 3.11. The zero-order valence-electron chi connectivity index (χ0n) is 15.1. The summed E-state index contributed by atoms with van der Waals surface area (Å²) in [4.78, 5) is 16.8. The topological polar surface area (TPSA) is 68.2 Å². The molecule has 1 aromatic heterocycles. The SMILES string of the molecule is COc1cccc(C(NC(=O)NCc2ccc(F)cc2)c2nccn2C)c1. The Kier molecular flexibility index (Phi) is 5.71. The molecule has 2 aromatic carbocycles. The predicted octanol–water partition coefficient (Wildman–Crippen LogP) is 3.16. The van der Waals surface area contributed by atoms with Crippen LogP contribution in [0.5, 0.6) is 5.75 Å². The van der Waals surface area contributed by atoms with Crippen molar-refractivity contribution in [2.24, 2.45) is 7.05 Å². The minimum Gasteiger partial charge on any atom is -0.497 e. The lowest BCUT2D eigenvalue weighted by Gasteiger charge is -2.20. The van der Waals surface area contributed by atoms with Gasteiger partial charge in [0.2, 0.25) is 0 Å². The smallest absolute Gasteiger partial charge is 0.315 e. The van der Waals surface area contributed by atoms with E-state index in [1.54, 1.807) is 25.4 Å². The Morgan fingerprint density at radius 3 is 2.70 bits per heavy atom. The largest absolute Gasteiger partial charge is 0.497 e. The highest BCUT2D eigenvalue weighted by Gasteiger charge is 2.21. The van der Waals surface area contributed by atoms with Gasteiger partial charge in [0.15, 0.2) is 0 Å². The minimum absolute atomic E-state index is 0.289. The van der Waals surface area contributed by atoms with Crippen LogP contribution in [0.15, 0.2) is 60.9 Å². The zero-order chi connectivity index (χ0) is 19.2. The van der Waals surface area contributed by atoms with Gasteiger partial charge in [-0.05, 0) is 35.4 Å². The molecule has 140 valence electrons. The Balaban J connectivity index is 1.75. The molecule has 3 aromatic rings. The molecule has 0 spiro atoms. The summed E-state index contributed by atoms with van der Waals surface area (Å²) in [7, 11) is 3.46. The van der Waals surface area contributed by atoms with E-state index in [4.69, 9.17) is 4.74 Å². The Hall–Kier alpha value is -3.35. The van der Waals surface area contributed by atoms with Gasteiger partial charge in [-0.1, -0.05) is 24.3 Å². The molecule has 0 aliphatic carbocycles. The van der Waals surface area contributed by atoms with Gasteiger partial charge in [0.1, 0.15) is 23.4 Å². The van der Waals surface area contributed by atoms with Gasteiger partial charge in [-0.2, -0.15) is 0 Å². The molecule has 0 radical (unpaired) electrons. The zero-order valence-corrected chi connectivity index (χ0v) is 15.1. The number of methoxy groups -OCH3 is 1. The van der Waals surface area contributed by atoms with Crippen molar-refractivity contribution in [2.75, 3.05) is 7.11 Å². The standard InChI is InChI=1S/C20H21FN4O2/c1-25-11-10-22-19(25)18(15-4-3-5-17(12-15)27-2)24-20(26)23-13-14-6-8-16(21)9-7-14/h3-12,18H,13H2,1-2H3,(H2,23,24,26). The van der Waals surface area contributed by atoms with Gasteiger partial charge < -0.3 is 19.9 Å². The summed E-state index contributed by atoms with van der Waals surface area (Å²) in [5.41, 5.74) is 1.65. The second-order valence-corrected chi connectivity index (χ2v) is 6.06. The van der Waals surface area contributed by atoms with E-state index in [1.165, 1.54) is 12.1 Å². The number of imidazole rings is 1. The molecule has 7 heteroatoms. The number of benzene rings is 2. The van der Waals surface area contributed by atoms with Crippen LogP contribution in [0, 0.1) is 5.82 Å². The first kappa shape index (κ1) is 18.4. The summed E-state index contributed by atoms with van der Waals surface area (Å²) in [5, 5.41) is 5.73. The van der Waals surface area contributed by atoms with Crippen LogP contribution in [0.2, 0.25) is 0 Å². The highest BCUT2D eigenvalue weighted by Crippen LogP contribution is 2.24. The number of amides is 2. The van der Waals surface area contributed by atoms with Crippen LogP contribution < -0.4 is 15.4 Å². The molecule has 0 aliphatic rings. The third-order valence-electron chi connectivity index (χ3n) is 4.19. The lowest BCUT2D eigenvalue weighted by atomic mass is 10.1. The number of urea groups is 1. The van der Waals surface area contributed by atoms with Crippen LogP contribution in [0.3, 0.4) is 0 Å². The number of nitrogens with one attached hydrogen (secondary N) is 2. The molecule has 2 amide bonds. The number of hydrogen-bond acceptors (Lipinski definition) is 3. The Bertz CT molecular complexity index is 908. The van der Waals surface area contributed by atoms with Gasteiger partial charge >= 0.3 is 6.03 Å². The van der Waals surface area contributed by atoms with Gasteiger partial charge in [-0.15, -0.1) is 0 Å². The number of carbonyl (C=O) groups excluding carboxylic acids is 1. The molecule has 1 atom stereocenters. The molecule has 6 nitrogen and oxygen atoms in total. The summed E-state index contributed by atoms with van der Waals surface area (Å²) in [6.45, 7) is 0.289. The number of halogens is 1. The summed E-state index contributed by atoms with van der Waals surface area (Å²) in [5.74, 6) is 1.08. The normalized spacial score (nSPS) is 11.7. The average molecular weight is 368 g/mol. The van der Waals surface area contributed by atoms with Gasteiger partial charge in [0, 0.05) is 26.0 Å². The van der Waals surface area contributed by atoms with Gasteiger partial charge in [-0.25, -0.2) is 14.2 Å². The fourth-order valence-corrected chi connectivity index (χ4v) is 2.74. The van der Waals surface area contributed by atoms with Crippen molar-refractivity contribution in [3.8, 4) is 5.75 Å². The van der Waals surface area contributed by atoms with E-state index in [1.807, 2.05) is 42.1 Å². The van der Waals surface area contributed by atoms with Crippen molar-refractivity contribution in [1.82, 2.24) is 20.2 Å². The van der Waals surface area contributed by atoms with Crippen molar-refractivity contribution < 1.29 is 13.9 Å². The molecule has 0 saturated carbocycles. The van der Waals surface area contributed by atoms with Crippen molar-refractivity contribution in [3.63, 3.8) is 0 Å². The Labute approximate surface area is 157 Å². The number of hydrogen-bond donors (Lipinski definition) is 2. The van der Waals surface area contributed by atoms with Crippen LogP contribution in [0.25, 0.3) is 0 Å². The summed E-state index contributed by atoms with van der Waals surface area (Å²) in [6.07, 6.45) is 3.50. The van der Waals surface area contributed by atoms with Crippen LogP contribution in [-0.2, 0) is 13.6 Å². The Morgan fingerprint density at radius 1 is 1.26 bits per heavy atom. The quantitative estimate of drug-likeness (QED) is 0.702. The van der Waals surface area contributed by atoms with E-state index in [9.17, 15) is 9.18 Å². The second-order valence-electron chi connectivity index (χ2n) is 6.06. The van der Waals surface area contributed by atoms with Crippen LogP contribution >= 0.6 is 0 Å². The van der Waals surface area contributed by atoms with E-state index in [0.29, 0.717) is 11.6 Å². The van der Waals surface area contributed by atoms with Crippen molar-refractivity contribution in [1.29, 1.82) is 0 Å². The molecular weight excluding hydrogens is 347 g/mol. The van der Waals surface area contributed by atoms with E-state index in [2.05, 4.69) is 15.6 Å². The molecular formula is C20H21FN4O2. The van der Waals surface area contributed by atoms with Crippen molar-refractivity contribution >= 4 is 6.03 Å². The highest BCUT2D eigenvalue weighted by atomic mass is 19.1. The van der Waals surface area contributed by atoms with E-state index in [0.717, 1.165) is 11.1 Å². The van der Waals surface area contributed by atoms with E-state index < -0.39 is 6.04 Å². The summed E-state index contributed by atoms with van der Waals surface area (Å²) < 4.78 is 20.1. The third kappa shape index (κ3) is 4.63. The first-order valence-electron chi connectivity index (χ1n) is 8.47. The van der Waals surface area contributed by atoms with Crippen molar-refractivity contribution in [2.45, 2.75) is 12.6 Å². The molecule has 27 heavy (non-hydrogen) atoms. The summed E-state index contributed by atoms with van der Waals surface area (Å²) >= 11 is 0. The molecule has 0 fully saturated rings. The van der Waals surface area contributed by atoms with E-state index in [-0.39, 0.29) is 18.4 Å². The summed E-state index contributed by atoms with van der Waals surface area (Å²) in [6, 6.07) is 12.7. The molecule has 1 heterocycles. The molecule has 2 N–H and O–H groups in total. The predicted molar refractivity (Wildman–Crippen MR) is 99.8 cm³/mol. The highest BCUT2D eigenvalue weighted by molar-refractivity contribution is 5.74. The first-order valence-corrected chi connectivity index (χ1v) is 8.47. The molecule has 0 saturated heterocycles. The molecule has 0 bridgehead atoms. The lowest BCUT2D eigenvalue weighted by Crippen LogP contribution is -2.38. The third-order valence-corrected chi connectivity index (χ3v) is 4.19. The number of ether oxygens (including phenoxy) is 1. The Morgan fingerprint density at radius 2 is 2.04 bits per heavy atom. The fourth-order valence-electron chi connectivity index (χ4n) is 2.74. The molecule has 0 aliphatic heterocycles. The molecule has 3 rings (SSSR count). The maximum absolute atomic E-state index is 13.0. The van der Waals surface area contributed by atoms with Gasteiger partial charge in [0.05, 0.1) is 7.11 Å². The minimum atomic E-state index is -0.451. The van der Waals surface area contributed by atoms with Crippen LogP contribution in [0.1, 0.15) is 23.0 Å². The monoisotopic (exact) mass is 368 g/mol. The number of rotatable bonds is 6. The maximum atomic E-state index is 13.0. The molecule has 1 unspecified atom stereocenters. The fraction of sp³-hybridized carbons (Fsp3) is 0.200. The maximum Gasteiger partial charge on any atom is 0.315 e. The van der Waals surface area contributed by atoms with Crippen LogP contribution in [-0.4, -0.2) is 22.7 Å². The van der Waals surface area contributed by atoms with E-state index >= 15 is 0 Å².